The smallest absolute Gasteiger partial charge is 0.337 e. The fourth-order valence-electron chi connectivity index (χ4n) is 2.49. The third-order valence-electron chi connectivity index (χ3n) is 3.88. The van der Waals surface area contributed by atoms with E-state index in [0.717, 1.165) is 5.75 Å². The van der Waals surface area contributed by atoms with Crippen molar-refractivity contribution in [2.24, 2.45) is 11.5 Å². The van der Waals surface area contributed by atoms with Gasteiger partial charge in [-0.1, -0.05) is 26.7 Å². The molecular weight excluding hydrogens is 352 g/mol. The van der Waals surface area contributed by atoms with E-state index in [-0.39, 0.29) is 12.8 Å². The van der Waals surface area contributed by atoms with Crippen molar-refractivity contribution in [3.05, 3.63) is 0 Å². The molecule has 1 fully saturated rings. The molecule has 4 N–H and O–H groups in total. The topological polar surface area (TPSA) is 130 Å². The number of esters is 1. The number of carbonyl (C=O) groups is 2. The number of hydrogen-bond donors (Lipinski definition) is 2. The van der Waals surface area contributed by atoms with Crippen molar-refractivity contribution in [2.45, 2.75) is 62.8 Å². The zero-order chi connectivity index (χ0) is 19.3. The quantitative estimate of drug-likeness (QED) is 0.418. The van der Waals surface area contributed by atoms with Gasteiger partial charge in [0, 0.05) is 7.12 Å². The van der Waals surface area contributed by atoms with Crippen molar-refractivity contribution in [1.82, 2.24) is 0 Å². The van der Waals surface area contributed by atoms with Crippen molar-refractivity contribution in [3.8, 4) is 0 Å². The molecule has 0 radical (unpaired) electrons. The van der Waals surface area contributed by atoms with Gasteiger partial charge in [-0.25, -0.2) is 13.2 Å². The number of hydrogen-bond acceptors (Lipinski definition) is 7. The van der Waals surface area contributed by atoms with Crippen LogP contribution in [0.5, 0.6) is 0 Å². The van der Waals surface area contributed by atoms with Crippen LogP contribution in [0.15, 0.2) is 0 Å². The number of primary amides is 1. The van der Waals surface area contributed by atoms with Crippen LogP contribution in [0.1, 0.15) is 47.3 Å². The van der Waals surface area contributed by atoms with E-state index < -0.39 is 44.3 Å². The molecule has 1 rings (SSSR count). The molecule has 1 heterocycles. The summed E-state index contributed by atoms with van der Waals surface area (Å²) in [6.07, 6.45) is 1.33. The van der Waals surface area contributed by atoms with Crippen molar-refractivity contribution < 1.29 is 24.1 Å². The number of ether oxygens (including phenoxy) is 1. The number of thioether (sulfide) groups is 1. The number of carbonyl (C=O) groups excluding carboxylic acids is 2. The Balaban J connectivity index is 3.08. The van der Waals surface area contributed by atoms with Crippen LogP contribution < -0.4 is 11.5 Å². The fourth-order valence-corrected chi connectivity index (χ4v) is 5.68. The minimum absolute atomic E-state index is 0.0896. The molecule has 0 aromatic carbocycles. The van der Waals surface area contributed by atoms with E-state index in [4.69, 9.17) is 17.6 Å². The third-order valence-corrected chi connectivity index (χ3v) is 7.14. The van der Waals surface area contributed by atoms with Crippen molar-refractivity contribution in [1.29, 1.82) is 0 Å². The van der Waals surface area contributed by atoms with Crippen LogP contribution in [0.2, 0.25) is 0 Å². The van der Waals surface area contributed by atoms with Gasteiger partial charge >= 0.3 is 5.97 Å². The summed E-state index contributed by atoms with van der Waals surface area (Å²) in [5.74, 6) is -2.03. The summed E-state index contributed by atoms with van der Waals surface area (Å²) in [5, 5.41) is -1.81. The van der Waals surface area contributed by atoms with Gasteiger partial charge in [0.1, 0.15) is 6.10 Å². The first kappa shape index (κ1) is 19.5. The summed E-state index contributed by atoms with van der Waals surface area (Å²) in [6.45, 7) is 3.54. The molecule has 0 aromatic heterocycles. The number of rotatable bonds is 10. The minimum Gasteiger partial charge on any atom is -0.460 e. The van der Waals surface area contributed by atoms with E-state index in [0.29, 0.717) is 25.0 Å². The van der Waals surface area contributed by atoms with Gasteiger partial charge in [-0.15, -0.1) is 0 Å². The first-order valence-corrected chi connectivity index (χ1v) is 10.9. The monoisotopic (exact) mass is 381 g/mol. The predicted octanol–water partition coefficient (Wildman–Crippen LogP) is 0.602. The molecule has 0 aromatic rings. The summed E-state index contributed by atoms with van der Waals surface area (Å²) in [5.41, 5.74) is 8.58. The molecule has 0 spiro atoms. The van der Waals surface area contributed by atoms with Gasteiger partial charge in [-0.3, -0.25) is 4.79 Å². The van der Waals surface area contributed by atoms with Crippen LogP contribution in [0.4, 0.5) is 0 Å². The van der Waals surface area contributed by atoms with E-state index in [1.165, 1.54) is 0 Å². The van der Waals surface area contributed by atoms with E-state index in [2.05, 4.69) is 0 Å². The van der Waals surface area contributed by atoms with Crippen LogP contribution in [0, 0.1) is 0 Å². The van der Waals surface area contributed by atoms with Gasteiger partial charge in [-0.05, 0) is 25.0 Å². The highest BCUT2D eigenvalue weighted by Gasteiger charge is 2.48. The van der Waals surface area contributed by atoms with E-state index in [1.54, 1.807) is 25.6 Å². The van der Waals surface area contributed by atoms with Gasteiger partial charge in [-0.2, -0.15) is 11.8 Å². The predicted molar refractivity (Wildman–Crippen MR) is 95.3 cm³/mol. The molecule has 140 valence electrons. The standard InChI is InChI=1S/C15H28N2O5S2/c1-3-5-12(6-4-2)24(20,21)10-15(17,13(16)18)14(19)22-11-7-8-23-9-11/h11-12H,3-10,17H2,1-2H3,(H2,16,18)/t11-,15-/m0/s1/i12D. The molecule has 7 nitrogen and oxygen atoms in total. The molecule has 9 heteroatoms. The number of amides is 1. The molecule has 0 saturated carbocycles. The maximum absolute atomic E-state index is 12.8. The van der Waals surface area contributed by atoms with Gasteiger partial charge in [0.05, 0.1) is 11.0 Å². The Morgan fingerprint density at radius 1 is 1.38 bits per heavy atom. The Morgan fingerprint density at radius 3 is 2.38 bits per heavy atom. The average Bonchev–Trinajstić information content (AvgIpc) is 2.99. The number of sulfone groups is 1. The van der Waals surface area contributed by atoms with Crippen molar-refractivity contribution >= 4 is 33.5 Å². The van der Waals surface area contributed by atoms with Gasteiger partial charge in [0.2, 0.25) is 11.4 Å². The maximum Gasteiger partial charge on any atom is 0.337 e. The molecular formula is C15H28N2O5S2. The van der Waals surface area contributed by atoms with Crippen LogP contribution in [-0.2, 0) is 24.2 Å². The Hall–Kier alpha value is -0.800. The summed E-state index contributed by atoms with van der Waals surface area (Å²) >= 11 is 1.59. The highest BCUT2D eigenvalue weighted by atomic mass is 32.2. The summed E-state index contributed by atoms with van der Waals surface area (Å²) in [6, 6.07) is 0. The van der Waals surface area contributed by atoms with Gasteiger partial charge < -0.3 is 16.2 Å². The lowest BCUT2D eigenvalue weighted by Gasteiger charge is -2.27. The first-order valence-electron chi connectivity index (χ1n) is 8.62. The van der Waals surface area contributed by atoms with Crippen molar-refractivity contribution in [3.63, 3.8) is 0 Å². The summed E-state index contributed by atoms with van der Waals surface area (Å²) in [4.78, 5) is 24.2. The molecule has 1 saturated heterocycles. The zero-order valence-electron chi connectivity index (χ0n) is 15.2. The average molecular weight is 382 g/mol. The molecule has 0 unspecified atom stereocenters. The molecule has 24 heavy (non-hydrogen) atoms. The van der Waals surface area contributed by atoms with Gasteiger partial charge in [0.25, 0.3) is 0 Å². The molecule has 0 aliphatic carbocycles. The largest absolute Gasteiger partial charge is 0.460 e. The van der Waals surface area contributed by atoms with Crippen molar-refractivity contribution in [2.75, 3.05) is 17.3 Å². The normalized spacial score (nSPS) is 21.8. The molecule has 1 aliphatic heterocycles. The van der Waals surface area contributed by atoms with Gasteiger partial charge in [0.15, 0.2) is 9.84 Å². The minimum atomic E-state index is -4.19. The molecule has 0 bridgehead atoms. The van der Waals surface area contributed by atoms with E-state index in [9.17, 15) is 18.0 Å². The summed E-state index contributed by atoms with van der Waals surface area (Å²) < 4.78 is 39.2. The second-order valence-electron chi connectivity index (χ2n) is 6.02. The lowest BCUT2D eigenvalue weighted by Crippen LogP contribution is -2.64. The lowest BCUT2D eigenvalue weighted by molar-refractivity contribution is -0.156. The number of nitrogens with two attached hydrogens (primary N) is 2. The van der Waals surface area contributed by atoms with Crippen LogP contribution in [-0.4, -0.2) is 54.4 Å². The Kier molecular flexibility index (Phi) is 7.36. The summed E-state index contributed by atoms with van der Waals surface area (Å²) in [7, 11) is -4.19. The fraction of sp³-hybridized carbons (Fsp3) is 0.867. The Bertz CT molecular complexity index is 587. The lowest BCUT2D eigenvalue weighted by atomic mass is 10.0. The molecule has 1 aliphatic rings. The van der Waals surface area contributed by atoms with Crippen LogP contribution in [0.25, 0.3) is 0 Å². The Labute approximate surface area is 149 Å². The molecule has 1 amide bonds. The highest BCUT2D eigenvalue weighted by Crippen LogP contribution is 2.23. The second kappa shape index (κ2) is 9.05. The highest BCUT2D eigenvalue weighted by molar-refractivity contribution is 7.99. The van der Waals surface area contributed by atoms with E-state index in [1.807, 2.05) is 0 Å². The maximum atomic E-state index is 12.8. The first-order chi connectivity index (χ1) is 11.5. The van der Waals surface area contributed by atoms with Crippen LogP contribution in [0.3, 0.4) is 0 Å². The zero-order valence-corrected chi connectivity index (χ0v) is 15.9. The van der Waals surface area contributed by atoms with E-state index >= 15 is 0 Å². The van der Waals surface area contributed by atoms with Crippen LogP contribution >= 0.6 is 11.8 Å². The third kappa shape index (κ3) is 5.35. The molecule has 2 atom stereocenters. The SMILES string of the molecule is [2H]C(CCC)(CCC)S(=O)(=O)C[C@](N)(C(N)=O)C(=O)O[C@H]1CCSC1. The Morgan fingerprint density at radius 2 is 1.96 bits per heavy atom. The second-order valence-corrected chi connectivity index (χ2v) is 9.27.